The average Bonchev–Trinajstić information content (AvgIpc) is 2.44. The summed E-state index contributed by atoms with van der Waals surface area (Å²) in [4.78, 5) is 8.90. The van der Waals surface area contributed by atoms with Gasteiger partial charge < -0.3 is 11.1 Å². The molecule has 0 spiro atoms. The van der Waals surface area contributed by atoms with Crippen LogP contribution in [0.25, 0.3) is 10.9 Å². The summed E-state index contributed by atoms with van der Waals surface area (Å²) in [7, 11) is 0. The lowest BCUT2D eigenvalue weighted by Gasteiger charge is -2.10. The van der Waals surface area contributed by atoms with Crippen molar-refractivity contribution in [2.24, 2.45) is 0 Å². The number of aryl methyl sites for hydroxylation is 2. The van der Waals surface area contributed by atoms with Crippen LogP contribution in [0, 0.1) is 13.8 Å². The Kier molecular flexibility index (Phi) is 2.99. The maximum absolute atomic E-state index is 5.79. The number of para-hydroxylation sites is 1. The Balaban J connectivity index is 2.05. The molecule has 3 N–H and O–H groups in total. The Morgan fingerprint density at radius 1 is 1.10 bits per heavy atom. The van der Waals surface area contributed by atoms with Gasteiger partial charge in [0.05, 0.1) is 23.1 Å². The molecule has 1 aromatic carbocycles. The van der Waals surface area contributed by atoms with Crippen molar-refractivity contribution >= 4 is 28.1 Å². The number of nitrogen functional groups attached to an aromatic ring is 1. The number of anilines is 3. The van der Waals surface area contributed by atoms with E-state index < -0.39 is 0 Å². The standard InChI is InChI=1S/C16H16N4/c1-10-8-15(18-9-13(10)17)20-14-5-3-4-12-7-6-11(2)19-16(12)14/h3-9H,17H2,1-2H3,(H,18,20). The van der Waals surface area contributed by atoms with Crippen LogP contribution < -0.4 is 11.1 Å². The number of rotatable bonds is 2. The normalized spacial score (nSPS) is 10.7. The van der Waals surface area contributed by atoms with Crippen molar-refractivity contribution in [1.29, 1.82) is 0 Å². The summed E-state index contributed by atoms with van der Waals surface area (Å²) in [5.41, 5.74) is 10.4. The molecule has 4 heteroatoms. The maximum atomic E-state index is 5.79. The molecule has 2 heterocycles. The molecule has 3 aromatic rings. The molecular formula is C16H16N4. The van der Waals surface area contributed by atoms with Crippen LogP contribution in [0.2, 0.25) is 0 Å². The molecule has 4 nitrogen and oxygen atoms in total. The monoisotopic (exact) mass is 264 g/mol. The summed E-state index contributed by atoms with van der Waals surface area (Å²) >= 11 is 0. The minimum Gasteiger partial charge on any atom is -0.397 e. The van der Waals surface area contributed by atoms with Crippen LogP contribution in [0.15, 0.2) is 42.6 Å². The minimum atomic E-state index is 0.697. The van der Waals surface area contributed by atoms with E-state index in [0.29, 0.717) is 5.69 Å². The van der Waals surface area contributed by atoms with Crippen LogP contribution >= 0.6 is 0 Å². The molecule has 0 saturated carbocycles. The van der Waals surface area contributed by atoms with Gasteiger partial charge in [0, 0.05) is 11.1 Å². The van der Waals surface area contributed by atoms with Gasteiger partial charge in [-0.15, -0.1) is 0 Å². The van der Waals surface area contributed by atoms with Crippen molar-refractivity contribution in [3.63, 3.8) is 0 Å². The van der Waals surface area contributed by atoms with E-state index in [1.165, 1.54) is 0 Å². The lowest BCUT2D eigenvalue weighted by atomic mass is 10.1. The van der Waals surface area contributed by atoms with Crippen LogP contribution in [0.5, 0.6) is 0 Å². The number of nitrogens with one attached hydrogen (secondary N) is 1. The number of hydrogen-bond donors (Lipinski definition) is 2. The number of nitrogens with zero attached hydrogens (tertiary/aromatic N) is 2. The molecule has 0 amide bonds. The Morgan fingerprint density at radius 3 is 2.75 bits per heavy atom. The van der Waals surface area contributed by atoms with Gasteiger partial charge in [0.2, 0.25) is 0 Å². The van der Waals surface area contributed by atoms with Gasteiger partial charge in [-0.1, -0.05) is 18.2 Å². The molecule has 100 valence electrons. The SMILES string of the molecule is Cc1ccc2cccc(Nc3cc(C)c(N)cn3)c2n1. The van der Waals surface area contributed by atoms with Crippen molar-refractivity contribution in [3.05, 3.63) is 53.9 Å². The number of fused-ring (bicyclic) bond motifs is 1. The molecule has 0 radical (unpaired) electrons. The Bertz CT molecular complexity index is 781. The average molecular weight is 264 g/mol. The molecule has 0 unspecified atom stereocenters. The van der Waals surface area contributed by atoms with Gasteiger partial charge in [0.1, 0.15) is 5.82 Å². The van der Waals surface area contributed by atoms with Gasteiger partial charge in [-0.3, -0.25) is 4.98 Å². The van der Waals surface area contributed by atoms with Crippen molar-refractivity contribution in [2.45, 2.75) is 13.8 Å². The quantitative estimate of drug-likeness (QED) is 0.742. The highest BCUT2D eigenvalue weighted by molar-refractivity contribution is 5.91. The fourth-order valence-electron chi connectivity index (χ4n) is 2.12. The molecule has 0 aliphatic carbocycles. The summed E-state index contributed by atoms with van der Waals surface area (Å²) in [6.45, 7) is 3.95. The van der Waals surface area contributed by atoms with Crippen molar-refractivity contribution in [2.75, 3.05) is 11.1 Å². The molecule has 0 saturated heterocycles. The highest BCUT2D eigenvalue weighted by Crippen LogP contribution is 2.25. The molecule has 0 fully saturated rings. The molecule has 0 atom stereocenters. The smallest absolute Gasteiger partial charge is 0.130 e. The predicted molar refractivity (Wildman–Crippen MR) is 83.1 cm³/mol. The summed E-state index contributed by atoms with van der Waals surface area (Å²) in [6.07, 6.45) is 1.67. The molecule has 3 rings (SSSR count). The molecule has 0 aliphatic heterocycles. The first kappa shape index (κ1) is 12.4. The van der Waals surface area contributed by atoms with Gasteiger partial charge in [-0.25, -0.2) is 4.98 Å². The Labute approximate surface area is 117 Å². The van der Waals surface area contributed by atoms with E-state index in [2.05, 4.69) is 27.4 Å². The first-order chi connectivity index (χ1) is 9.63. The van der Waals surface area contributed by atoms with Crippen LogP contribution in [-0.4, -0.2) is 9.97 Å². The Hall–Kier alpha value is -2.62. The summed E-state index contributed by atoms with van der Waals surface area (Å²) in [6, 6.07) is 12.1. The fourth-order valence-corrected chi connectivity index (χ4v) is 2.12. The second-order valence-electron chi connectivity index (χ2n) is 4.88. The van der Waals surface area contributed by atoms with Crippen LogP contribution in [0.3, 0.4) is 0 Å². The van der Waals surface area contributed by atoms with Gasteiger partial charge in [0.25, 0.3) is 0 Å². The number of aromatic nitrogens is 2. The van der Waals surface area contributed by atoms with Gasteiger partial charge >= 0.3 is 0 Å². The first-order valence-corrected chi connectivity index (χ1v) is 6.49. The van der Waals surface area contributed by atoms with Crippen molar-refractivity contribution in [3.8, 4) is 0 Å². The van der Waals surface area contributed by atoms with Crippen molar-refractivity contribution in [1.82, 2.24) is 9.97 Å². The second kappa shape index (κ2) is 4.81. The van der Waals surface area contributed by atoms with E-state index in [9.17, 15) is 0 Å². The second-order valence-corrected chi connectivity index (χ2v) is 4.88. The third-order valence-electron chi connectivity index (χ3n) is 3.27. The largest absolute Gasteiger partial charge is 0.397 e. The number of benzene rings is 1. The summed E-state index contributed by atoms with van der Waals surface area (Å²) in [5, 5.41) is 4.42. The van der Waals surface area contributed by atoms with Gasteiger partial charge in [-0.05, 0) is 37.6 Å². The van der Waals surface area contributed by atoms with E-state index in [-0.39, 0.29) is 0 Å². The van der Waals surface area contributed by atoms with Crippen LogP contribution in [0.1, 0.15) is 11.3 Å². The highest BCUT2D eigenvalue weighted by atomic mass is 15.0. The summed E-state index contributed by atoms with van der Waals surface area (Å²) in [5.74, 6) is 0.771. The molecular weight excluding hydrogens is 248 g/mol. The van der Waals surface area contributed by atoms with Crippen molar-refractivity contribution < 1.29 is 0 Å². The van der Waals surface area contributed by atoms with Gasteiger partial charge in [0.15, 0.2) is 0 Å². The molecule has 0 aliphatic rings. The van der Waals surface area contributed by atoms with Gasteiger partial charge in [-0.2, -0.15) is 0 Å². The zero-order chi connectivity index (χ0) is 14.1. The topological polar surface area (TPSA) is 63.8 Å². The minimum absolute atomic E-state index is 0.697. The predicted octanol–water partition coefficient (Wildman–Crippen LogP) is 3.57. The lowest BCUT2D eigenvalue weighted by molar-refractivity contribution is 1.24. The third-order valence-corrected chi connectivity index (χ3v) is 3.27. The number of hydrogen-bond acceptors (Lipinski definition) is 4. The number of nitrogens with two attached hydrogens (primary N) is 1. The fraction of sp³-hybridized carbons (Fsp3) is 0.125. The highest BCUT2D eigenvalue weighted by Gasteiger charge is 2.05. The third kappa shape index (κ3) is 2.28. The van der Waals surface area contributed by atoms with Crippen LogP contribution in [0.4, 0.5) is 17.2 Å². The van der Waals surface area contributed by atoms with E-state index in [0.717, 1.165) is 33.7 Å². The van der Waals surface area contributed by atoms with Crippen LogP contribution in [-0.2, 0) is 0 Å². The zero-order valence-corrected chi connectivity index (χ0v) is 11.5. The maximum Gasteiger partial charge on any atom is 0.130 e. The van der Waals surface area contributed by atoms with E-state index >= 15 is 0 Å². The zero-order valence-electron chi connectivity index (χ0n) is 11.5. The molecule has 20 heavy (non-hydrogen) atoms. The Morgan fingerprint density at radius 2 is 1.95 bits per heavy atom. The van der Waals surface area contributed by atoms with E-state index in [4.69, 9.17) is 5.73 Å². The number of pyridine rings is 2. The summed E-state index contributed by atoms with van der Waals surface area (Å²) < 4.78 is 0. The molecule has 0 bridgehead atoms. The lowest BCUT2D eigenvalue weighted by Crippen LogP contribution is -1.98. The van der Waals surface area contributed by atoms with E-state index in [1.54, 1.807) is 6.20 Å². The van der Waals surface area contributed by atoms with E-state index in [1.807, 2.05) is 38.1 Å². The first-order valence-electron chi connectivity index (χ1n) is 6.49. The molecule has 2 aromatic heterocycles.